The molecule has 0 spiro atoms. The molecule has 0 aromatic heterocycles. The van der Waals surface area contributed by atoms with Crippen molar-refractivity contribution < 1.29 is 23.8 Å². The third-order valence-corrected chi connectivity index (χ3v) is 1.93. The van der Waals surface area contributed by atoms with Gasteiger partial charge < -0.3 is 19.0 Å². The lowest BCUT2D eigenvalue weighted by molar-refractivity contribution is -0.137. The Kier molecular flexibility index (Phi) is 6.96. The smallest absolute Gasteiger partial charge is 0.330 e. The van der Waals surface area contributed by atoms with Gasteiger partial charge >= 0.3 is 12.7 Å². The summed E-state index contributed by atoms with van der Waals surface area (Å²) in [6.07, 6.45) is 3.24. The van der Waals surface area contributed by atoms with Crippen molar-refractivity contribution in [1.29, 1.82) is 0 Å². The largest absolute Gasteiger partial charge is 0.462 e. The molecule has 2 N–H and O–H groups in total. The van der Waals surface area contributed by atoms with Gasteiger partial charge in [0.05, 0.1) is 13.2 Å². The Morgan fingerprint density at radius 2 is 2.14 bits per heavy atom. The van der Waals surface area contributed by atoms with Crippen LogP contribution in [-0.2, 0) is 25.9 Å². The minimum Gasteiger partial charge on any atom is -0.462 e. The van der Waals surface area contributed by atoms with Gasteiger partial charge in [-0.3, -0.25) is 0 Å². The first-order valence-corrected chi connectivity index (χ1v) is 6.58. The molecule has 0 rings (SSSR count). The summed E-state index contributed by atoms with van der Waals surface area (Å²) in [6.45, 7) is -1.63. The highest BCUT2D eigenvalue weighted by molar-refractivity contribution is 8.06. The van der Waals surface area contributed by atoms with Crippen LogP contribution in [-0.4, -0.2) is 29.0 Å². The van der Waals surface area contributed by atoms with Crippen molar-refractivity contribution in [2.45, 2.75) is 13.3 Å². The van der Waals surface area contributed by atoms with Crippen molar-refractivity contribution in [3.8, 4) is 0 Å². The summed E-state index contributed by atoms with van der Waals surface area (Å²) in [6, 6.07) is 0. The van der Waals surface area contributed by atoms with Gasteiger partial charge in [0.1, 0.15) is 0 Å². The number of carbonyl (C=O) groups is 1. The van der Waals surface area contributed by atoms with Crippen molar-refractivity contribution in [2.24, 2.45) is 0 Å². The van der Waals surface area contributed by atoms with E-state index in [4.69, 9.17) is 14.5 Å². The molecule has 0 aliphatic heterocycles. The van der Waals surface area contributed by atoms with Gasteiger partial charge in [-0.2, -0.15) is 0 Å². The van der Waals surface area contributed by atoms with Crippen LogP contribution < -0.4 is 0 Å². The molecule has 0 aliphatic rings. The molecule has 0 fully saturated rings. The summed E-state index contributed by atoms with van der Waals surface area (Å²) < 4.78 is 9.21. The van der Waals surface area contributed by atoms with Crippen molar-refractivity contribution in [1.82, 2.24) is 0 Å². The van der Waals surface area contributed by atoms with E-state index in [9.17, 15) is 4.79 Å². The lowest BCUT2D eigenvalue weighted by Crippen LogP contribution is -2.04. The van der Waals surface area contributed by atoms with Crippen LogP contribution in [0.25, 0.3) is 0 Å². The highest BCUT2D eigenvalue weighted by atomic mass is 32.5. The number of ether oxygens (including phenoxy) is 1. The van der Waals surface area contributed by atoms with Gasteiger partial charge in [-0.25, -0.2) is 4.79 Å². The summed E-state index contributed by atoms with van der Waals surface area (Å²) in [5.41, 5.74) is 0. The first kappa shape index (κ1) is 13.7. The molecule has 5 nitrogen and oxygen atoms in total. The molecule has 0 saturated heterocycles. The molecule has 0 radical (unpaired) electrons. The molecule has 7 heteroatoms. The van der Waals surface area contributed by atoms with Gasteiger partial charge in [-0.15, -0.1) is 0 Å². The third kappa shape index (κ3) is 9.83. The van der Waals surface area contributed by atoms with Crippen LogP contribution in [0, 0.1) is 0 Å². The van der Waals surface area contributed by atoms with Gasteiger partial charge in [-0.05, 0) is 18.7 Å². The second kappa shape index (κ2) is 7.09. The molecule has 0 atom stereocenters. The fourth-order valence-electron chi connectivity index (χ4n) is 0.599. The summed E-state index contributed by atoms with van der Waals surface area (Å²) >= 11 is 4.21. The van der Waals surface area contributed by atoms with Gasteiger partial charge in [0, 0.05) is 12.5 Å². The fourth-order valence-corrected chi connectivity index (χ4v) is 1.19. The molecule has 82 valence electrons. The van der Waals surface area contributed by atoms with Crippen LogP contribution in [0.15, 0.2) is 12.2 Å². The number of esters is 1. The normalized spacial score (nSPS) is 11.9. The van der Waals surface area contributed by atoms with Crippen LogP contribution in [0.3, 0.4) is 0 Å². The Morgan fingerprint density at radius 1 is 1.50 bits per heavy atom. The lowest BCUT2D eigenvalue weighted by Gasteiger charge is -2.07. The SMILES string of the molecule is CC=CC(=O)OCCCOP(O)(O)=S. The Balaban J connectivity index is 3.39. The number of rotatable bonds is 6. The molecule has 0 heterocycles. The second-order valence-electron chi connectivity index (χ2n) is 2.34. The quantitative estimate of drug-likeness (QED) is 0.308. The van der Waals surface area contributed by atoms with E-state index in [1.165, 1.54) is 6.08 Å². The molecule has 0 unspecified atom stereocenters. The average molecular weight is 240 g/mol. The van der Waals surface area contributed by atoms with E-state index in [1.54, 1.807) is 13.0 Å². The van der Waals surface area contributed by atoms with Crippen molar-refractivity contribution in [3.63, 3.8) is 0 Å². The Morgan fingerprint density at radius 3 is 2.64 bits per heavy atom. The molecule has 0 bridgehead atoms. The summed E-state index contributed by atoms with van der Waals surface area (Å²) in [4.78, 5) is 28.0. The van der Waals surface area contributed by atoms with E-state index in [-0.39, 0.29) is 13.2 Å². The van der Waals surface area contributed by atoms with Gasteiger partial charge in [0.15, 0.2) is 0 Å². The van der Waals surface area contributed by atoms with E-state index in [1.807, 2.05) is 0 Å². The molecule has 0 aromatic rings. The zero-order valence-corrected chi connectivity index (χ0v) is 9.46. The van der Waals surface area contributed by atoms with Crippen molar-refractivity contribution >= 4 is 24.5 Å². The zero-order valence-electron chi connectivity index (χ0n) is 7.75. The topological polar surface area (TPSA) is 76.0 Å². The van der Waals surface area contributed by atoms with Crippen LogP contribution in [0.5, 0.6) is 0 Å². The molecule has 0 aliphatic carbocycles. The van der Waals surface area contributed by atoms with Crippen LogP contribution >= 0.6 is 6.72 Å². The molecular formula is C7H13O5PS. The van der Waals surface area contributed by atoms with Crippen LogP contribution in [0.2, 0.25) is 0 Å². The van der Waals surface area contributed by atoms with Gasteiger partial charge in [0.2, 0.25) is 0 Å². The number of hydrogen-bond donors (Lipinski definition) is 2. The van der Waals surface area contributed by atoms with Crippen LogP contribution in [0.4, 0.5) is 0 Å². The van der Waals surface area contributed by atoms with Gasteiger partial charge in [-0.1, -0.05) is 6.08 Å². The van der Waals surface area contributed by atoms with Crippen molar-refractivity contribution in [2.75, 3.05) is 13.2 Å². The first-order chi connectivity index (χ1) is 6.45. The average Bonchev–Trinajstić information content (AvgIpc) is 2.02. The standard InChI is InChI=1S/C7H13O5PS/c1-2-4-7(8)11-5-3-6-12-13(9,10)14/h2,4H,3,5-6H2,1H3,(H2,9,10,14). The second-order valence-corrected chi connectivity index (χ2v) is 5.01. The van der Waals surface area contributed by atoms with Crippen LogP contribution in [0.1, 0.15) is 13.3 Å². The lowest BCUT2D eigenvalue weighted by atomic mass is 10.5. The molecule has 0 saturated carbocycles. The molecular weight excluding hydrogens is 227 g/mol. The predicted molar refractivity (Wildman–Crippen MR) is 55.1 cm³/mol. The van der Waals surface area contributed by atoms with Crippen molar-refractivity contribution in [3.05, 3.63) is 12.2 Å². The maximum absolute atomic E-state index is 10.7. The number of allylic oxidation sites excluding steroid dienone is 1. The number of carbonyl (C=O) groups excluding carboxylic acids is 1. The highest BCUT2D eigenvalue weighted by Crippen LogP contribution is 2.36. The summed E-state index contributed by atoms with van der Waals surface area (Å²) in [7, 11) is 0. The monoisotopic (exact) mass is 240 g/mol. The summed E-state index contributed by atoms with van der Waals surface area (Å²) in [5, 5.41) is 0. The van der Waals surface area contributed by atoms with E-state index >= 15 is 0 Å². The Labute approximate surface area is 87.6 Å². The van der Waals surface area contributed by atoms with E-state index in [0.717, 1.165) is 0 Å². The predicted octanol–water partition coefficient (Wildman–Crippen LogP) is 0.721. The minimum absolute atomic E-state index is 0.0629. The van der Waals surface area contributed by atoms with E-state index in [0.29, 0.717) is 6.42 Å². The zero-order chi connectivity index (χ0) is 11.0. The number of hydrogen-bond acceptors (Lipinski definition) is 4. The summed E-state index contributed by atoms with van der Waals surface area (Å²) in [5.74, 6) is -0.431. The minimum atomic E-state index is -3.56. The Hall–Kier alpha value is -0.260. The highest BCUT2D eigenvalue weighted by Gasteiger charge is 2.06. The maximum Gasteiger partial charge on any atom is 0.330 e. The molecule has 14 heavy (non-hydrogen) atoms. The van der Waals surface area contributed by atoms with E-state index in [2.05, 4.69) is 16.3 Å². The maximum atomic E-state index is 10.7. The Bertz CT molecular complexity index is 246. The van der Waals surface area contributed by atoms with Gasteiger partial charge in [0.25, 0.3) is 0 Å². The first-order valence-electron chi connectivity index (χ1n) is 3.95. The third-order valence-electron chi connectivity index (χ3n) is 1.10. The molecule has 0 amide bonds. The fraction of sp³-hybridized carbons (Fsp3) is 0.571. The van der Waals surface area contributed by atoms with E-state index < -0.39 is 12.7 Å². The molecule has 0 aromatic carbocycles.